The van der Waals surface area contributed by atoms with Gasteiger partial charge in [0.2, 0.25) is 0 Å². The molecule has 1 spiro atoms. The van der Waals surface area contributed by atoms with Gasteiger partial charge in [-0.3, -0.25) is 4.79 Å². The van der Waals surface area contributed by atoms with E-state index in [0.717, 1.165) is 19.3 Å². The fourth-order valence-electron chi connectivity index (χ4n) is 7.27. The molecule has 4 nitrogen and oxygen atoms in total. The molecule has 0 aliphatic heterocycles. The first-order chi connectivity index (χ1) is 11.2. The molecule has 4 rings (SSSR count). The van der Waals surface area contributed by atoms with E-state index in [1.165, 1.54) is 0 Å². The van der Waals surface area contributed by atoms with Crippen LogP contribution in [-0.2, 0) is 9.53 Å². The summed E-state index contributed by atoms with van der Waals surface area (Å²) < 4.78 is 6.24. The maximum Gasteiger partial charge on any atom is 0.312 e. The Balaban J connectivity index is 1.58. The molecule has 0 amide bonds. The molecule has 4 heteroatoms. The molecule has 6 atom stereocenters. The quantitative estimate of drug-likeness (QED) is 0.762. The number of hydrogen-bond donors (Lipinski definition) is 2. The van der Waals surface area contributed by atoms with Gasteiger partial charge in [0.15, 0.2) is 0 Å². The molecule has 0 aromatic carbocycles. The fourth-order valence-corrected chi connectivity index (χ4v) is 7.27. The van der Waals surface area contributed by atoms with Crippen molar-refractivity contribution in [1.29, 1.82) is 0 Å². The molecule has 0 aromatic heterocycles. The zero-order valence-electron chi connectivity index (χ0n) is 16.6. The molecular weight excluding hydrogens is 316 g/mol. The first kappa shape index (κ1) is 17.8. The highest BCUT2D eigenvalue weighted by atomic mass is 16.6. The Morgan fingerprint density at radius 3 is 2.16 bits per heavy atom. The van der Waals surface area contributed by atoms with E-state index in [2.05, 4.69) is 34.6 Å². The van der Waals surface area contributed by atoms with Crippen LogP contribution < -0.4 is 0 Å². The Kier molecular flexibility index (Phi) is 3.16. The second-order valence-corrected chi connectivity index (χ2v) is 11.6. The Morgan fingerprint density at radius 2 is 1.72 bits per heavy atom. The molecule has 6 unspecified atom stereocenters. The summed E-state index contributed by atoms with van der Waals surface area (Å²) in [6.07, 6.45) is 3.96. The van der Waals surface area contributed by atoms with Crippen LogP contribution in [0, 0.1) is 28.1 Å². The normalized spacial score (nSPS) is 49.2. The lowest BCUT2D eigenvalue weighted by Gasteiger charge is -2.74. The van der Waals surface area contributed by atoms with E-state index in [0.29, 0.717) is 25.2 Å². The number of esters is 1. The van der Waals surface area contributed by atoms with Crippen LogP contribution in [0.3, 0.4) is 0 Å². The van der Waals surface area contributed by atoms with E-state index in [1.54, 1.807) is 0 Å². The van der Waals surface area contributed by atoms with Crippen LogP contribution in [-0.4, -0.2) is 33.0 Å². The second-order valence-electron chi connectivity index (χ2n) is 11.6. The van der Waals surface area contributed by atoms with E-state index < -0.39 is 27.6 Å². The molecule has 0 heterocycles. The van der Waals surface area contributed by atoms with E-state index >= 15 is 0 Å². The second kappa shape index (κ2) is 4.44. The molecule has 2 N–H and O–H groups in total. The molecule has 25 heavy (non-hydrogen) atoms. The summed E-state index contributed by atoms with van der Waals surface area (Å²) >= 11 is 0. The third-order valence-corrected chi connectivity index (χ3v) is 8.31. The zero-order valence-corrected chi connectivity index (χ0v) is 16.6. The van der Waals surface area contributed by atoms with Crippen LogP contribution in [0.15, 0.2) is 0 Å². The monoisotopic (exact) mass is 350 g/mol. The van der Waals surface area contributed by atoms with Crippen LogP contribution in [0.1, 0.15) is 80.1 Å². The van der Waals surface area contributed by atoms with Crippen molar-refractivity contribution in [2.45, 2.75) is 96.9 Å². The Hall–Kier alpha value is -0.610. The largest absolute Gasteiger partial charge is 0.458 e. The van der Waals surface area contributed by atoms with E-state index in [4.69, 9.17) is 4.74 Å². The lowest BCUT2D eigenvalue weighted by atomic mass is 9.33. The van der Waals surface area contributed by atoms with Gasteiger partial charge < -0.3 is 14.9 Å². The number of carbonyl (C=O) groups is 1. The molecule has 4 aliphatic carbocycles. The maximum absolute atomic E-state index is 13.3. The van der Waals surface area contributed by atoms with Crippen molar-refractivity contribution in [3.8, 4) is 0 Å². The van der Waals surface area contributed by atoms with E-state index in [-0.39, 0.29) is 17.3 Å². The Bertz CT molecular complexity index is 636. The van der Waals surface area contributed by atoms with Gasteiger partial charge >= 0.3 is 5.97 Å². The number of fused-ring (bicyclic) bond motifs is 1. The minimum Gasteiger partial charge on any atom is -0.458 e. The summed E-state index contributed by atoms with van der Waals surface area (Å²) in [5.74, 6) is 0.374. The van der Waals surface area contributed by atoms with E-state index in [1.807, 2.05) is 6.92 Å². The molecule has 4 saturated carbocycles. The summed E-state index contributed by atoms with van der Waals surface area (Å²) in [6, 6.07) is 0. The number of ether oxygens (including phenoxy) is 1. The maximum atomic E-state index is 13.3. The lowest BCUT2D eigenvalue weighted by molar-refractivity contribution is -0.373. The molecule has 0 saturated heterocycles. The summed E-state index contributed by atoms with van der Waals surface area (Å²) in [5.41, 5.74) is -2.97. The van der Waals surface area contributed by atoms with Crippen molar-refractivity contribution in [1.82, 2.24) is 0 Å². The molecule has 2 bridgehead atoms. The third kappa shape index (κ3) is 1.93. The van der Waals surface area contributed by atoms with Gasteiger partial charge in [0, 0.05) is 18.3 Å². The van der Waals surface area contributed by atoms with E-state index in [9.17, 15) is 15.0 Å². The van der Waals surface area contributed by atoms with Gasteiger partial charge in [-0.25, -0.2) is 0 Å². The highest BCUT2D eigenvalue weighted by Crippen LogP contribution is 2.85. The Labute approximate surface area is 151 Å². The van der Waals surface area contributed by atoms with Gasteiger partial charge in [0.25, 0.3) is 0 Å². The van der Waals surface area contributed by atoms with Crippen molar-refractivity contribution < 1.29 is 19.7 Å². The van der Waals surface area contributed by atoms with Crippen molar-refractivity contribution in [3.05, 3.63) is 0 Å². The fraction of sp³-hybridized carbons (Fsp3) is 0.952. The van der Waals surface area contributed by atoms with Crippen LogP contribution in [0.4, 0.5) is 0 Å². The highest BCUT2D eigenvalue weighted by molar-refractivity contribution is 5.77. The first-order valence-corrected chi connectivity index (χ1v) is 9.89. The summed E-state index contributed by atoms with van der Waals surface area (Å²) in [6.45, 7) is 12.7. The average molecular weight is 350 g/mol. The first-order valence-electron chi connectivity index (χ1n) is 9.89. The van der Waals surface area contributed by atoms with Gasteiger partial charge in [-0.15, -0.1) is 0 Å². The van der Waals surface area contributed by atoms with Crippen LogP contribution in [0.25, 0.3) is 0 Å². The zero-order chi connectivity index (χ0) is 18.7. The molecular formula is C21H34O4. The van der Waals surface area contributed by atoms with Crippen LogP contribution in [0.5, 0.6) is 0 Å². The smallest absolute Gasteiger partial charge is 0.312 e. The van der Waals surface area contributed by atoms with Crippen LogP contribution in [0.2, 0.25) is 0 Å². The van der Waals surface area contributed by atoms with Crippen molar-refractivity contribution in [2.24, 2.45) is 28.1 Å². The predicted octanol–water partition coefficient (Wildman–Crippen LogP) is 3.44. The highest BCUT2D eigenvalue weighted by Gasteiger charge is 2.91. The van der Waals surface area contributed by atoms with Gasteiger partial charge in [-0.1, -0.05) is 34.6 Å². The molecule has 142 valence electrons. The predicted molar refractivity (Wildman–Crippen MR) is 94.7 cm³/mol. The van der Waals surface area contributed by atoms with Gasteiger partial charge in [0.1, 0.15) is 5.60 Å². The van der Waals surface area contributed by atoms with Gasteiger partial charge in [0.05, 0.1) is 16.6 Å². The third-order valence-electron chi connectivity index (χ3n) is 8.31. The van der Waals surface area contributed by atoms with Crippen molar-refractivity contribution in [2.75, 3.05) is 0 Å². The van der Waals surface area contributed by atoms with Crippen molar-refractivity contribution >= 4 is 5.97 Å². The van der Waals surface area contributed by atoms with Gasteiger partial charge in [-0.05, 0) is 49.9 Å². The molecule has 0 aromatic rings. The Morgan fingerprint density at radius 1 is 1.08 bits per heavy atom. The topological polar surface area (TPSA) is 66.8 Å². The minimum atomic E-state index is -0.818. The number of carbonyl (C=O) groups excluding carboxylic acids is 1. The summed E-state index contributed by atoms with van der Waals surface area (Å²) in [4.78, 5) is 13.3. The SMILES string of the molecule is CC(C)C(C)(CC(C)(C)C)C(=O)OC12CC3CC4(O)CC(O)(C1)C34C2. The number of rotatable bonds is 4. The standard InChI is InChI=1S/C21H34O4/c1-13(2)17(6,9-16(3,4)5)15(22)25-18-7-14-8-19(23)12-20(24,10-18)21(14,19)11-18/h13-14,23-24H,7-12H2,1-6H3. The number of hydrogen-bond acceptors (Lipinski definition) is 4. The summed E-state index contributed by atoms with van der Waals surface area (Å²) in [5, 5.41) is 21.8. The molecule has 0 radical (unpaired) electrons. The van der Waals surface area contributed by atoms with Crippen molar-refractivity contribution in [3.63, 3.8) is 0 Å². The number of aliphatic hydroxyl groups is 2. The average Bonchev–Trinajstić information content (AvgIpc) is 2.81. The van der Waals surface area contributed by atoms with Crippen LogP contribution >= 0.6 is 0 Å². The molecule has 4 fully saturated rings. The minimum absolute atomic E-state index is 0.0380. The summed E-state index contributed by atoms with van der Waals surface area (Å²) in [7, 11) is 0. The molecule has 4 aliphatic rings. The van der Waals surface area contributed by atoms with Gasteiger partial charge in [-0.2, -0.15) is 0 Å². The lowest BCUT2D eigenvalue weighted by Crippen LogP contribution is -2.82.